The average Bonchev–Trinajstić information content (AvgIpc) is 2.57. The maximum atomic E-state index is 12.2. The molecule has 0 aliphatic heterocycles. The smallest absolute Gasteiger partial charge is 0.324 e. The highest BCUT2D eigenvalue weighted by Crippen LogP contribution is 2.14. The van der Waals surface area contributed by atoms with Crippen molar-refractivity contribution in [3.63, 3.8) is 0 Å². The Hall–Kier alpha value is -1.64. The summed E-state index contributed by atoms with van der Waals surface area (Å²) in [6.07, 6.45) is 1.54. The van der Waals surface area contributed by atoms with E-state index >= 15 is 0 Å². The third kappa shape index (κ3) is 7.01. The van der Waals surface area contributed by atoms with Crippen LogP contribution in [0.3, 0.4) is 0 Å². The lowest BCUT2D eigenvalue weighted by Gasteiger charge is -2.16. The molecule has 0 unspecified atom stereocenters. The van der Waals surface area contributed by atoms with Crippen LogP contribution in [0, 0.1) is 0 Å². The van der Waals surface area contributed by atoms with Crippen LogP contribution >= 0.6 is 11.6 Å². The first-order chi connectivity index (χ1) is 11.7. The zero-order chi connectivity index (χ0) is 19.0. The fourth-order valence-corrected chi connectivity index (χ4v) is 3.30. The number of nitrogens with one attached hydrogen (secondary N) is 2. The lowest BCUT2D eigenvalue weighted by molar-refractivity contribution is -0.150. The lowest BCUT2D eigenvalue weighted by atomic mass is 10.2. The van der Waals surface area contributed by atoms with Crippen LogP contribution < -0.4 is 10.0 Å². The molecule has 9 heteroatoms. The molecular formula is C16H23ClN2O5S. The predicted molar refractivity (Wildman–Crippen MR) is 94.7 cm³/mol. The fraction of sp³-hybridized carbons (Fsp3) is 0.500. The first-order valence-electron chi connectivity index (χ1n) is 7.93. The summed E-state index contributed by atoms with van der Waals surface area (Å²) >= 11 is 5.72. The van der Waals surface area contributed by atoms with E-state index in [-0.39, 0.29) is 10.9 Å². The van der Waals surface area contributed by atoms with Crippen LogP contribution in [0.25, 0.3) is 0 Å². The first-order valence-corrected chi connectivity index (χ1v) is 9.79. The molecule has 0 spiro atoms. The molecule has 0 heterocycles. The third-order valence-electron chi connectivity index (χ3n) is 3.51. The van der Waals surface area contributed by atoms with Gasteiger partial charge in [0.15, 0.2) is 6.61 Å². The van der Waals surface area contributed by atoms with Gasteiger partial charge in [0.2, 0.25) is 10.0 Å². The number of esters is 1. The van der Waals surface area contributed by atoms with Crippen LogP contribution in [0.4, 0.5) is 0 Å². The normalized spacial score (nSPS) is 12.7. The summed E-state index contributed by atoms with van der Waals surface area (Å²) in [5, 5.41) is 3.12. The van der Waals surface area contributed by atoms with Gasteiger partial charge in [-0.1, -0.05) is 25.4 Å². The van der Waals surface area contributed by atoms with Gasteiger partial charge in [-0.05, 0) is 44.0 Å². The fourth-order valence-electron chi connectivity index (χ4n) is 1.99. The minimum absolute atomic E-state index is 0.0204. The molecule has 1 rings (SSSR count). The van der Waals surface area contributed by atoms with E-state index in [9.17, 15) is 18.0 Å². The van der Waals surface area contributed by atoms with E-state index in [1.807, 2.05) is 13.8 Å². The molecule has 0 radical (unpaired) electrons. The van der Waals surface area contributed by atoms with Crippen LogP contribution in [0.1, 0.15) is 33.6 Å². The summed E-state index contributed by atoms with van der Waals surface area (Å²) in [5.74, 6) is -1.26. The molecule has 0 saturated heterocycles. The van der Waals surface area contributed by atoms with Crippen molar-refractivity contribution in [1.82, 2.24) is 10.0 Å². The standard InChI is InChI=1S/C16H23ClN2O5S/c1-4-13(5-2)18-15(20)10-24-16(21)11(3)19-25(22,23)14-8-6-12(17)7-9-14/h6-9,11,13,19H,4-5,10H2,1-3H3,(H,18,20)/t11-/m0/s1. The molecule has 2 N–H and O–H groups in total. The number of hydrogen-bond acceptors (Lipinski definition) is 5. The Balaban J connectivity index is 2.56. The van der Waals surface area contributed by atoms with Crippen molar-refractivity contribution in [1.29, 1.82) is 0 Å². The lowest BCUT2D eigenvalue weighted by Crippen LogP contribution is -2.42. The number of halogens is 1. The maximum Gasteiger partial charge on any atom is 0.324 e. The molecule has 1 aromatic carbocycles. The Morgan fingerprint density at radius 1 is 1.16 bits per heavy atom. The highest BCUT2D eigenvalue weighted by molar-refractivity contribution is 7.89. The van der Waals surface area contributed by atoms with Crippen molar-refractivity contribution in [2.75, 3.05) is 6.61 Å². The van der Waals surface area contributed by atoms with Gasteiger partial charge in [-0.15, -0.1) is 0 Å². The van der Waals surface area contributed by atoms with Gasteiger partial charge in [0.05, 0.1) is 4.90 Å². The molecule has 1 atom stereocenters. The van der Waals surface area contributed by atoms with Crippen LogP contribution in [0.15, 0.2) is 29.2 Å². The summed E-state index contributed by atoms with van der Waals surface area (Å²) < 4.78 is 31.4. The van der Waals surface area contributed by atoms with Crippen molar-refractivity contribution in [3.05, 3.63) is 29.3 Å². The Labute approximate surface area is 153 Å². The molecule has 1 aromatic rings. The van der Waals surface area contributed by atoms with Gasteiger partial charge in [-0.25, -0.2) is 8.42 Å². The Kier molecular flexibility index (Phi) is 8.34. The number of rotatable bonds is 9. The van der Waals surface area contributed by atoms with E-state index < -0.39 is 34.5 Å². The first kappa shape index (κ1) is 21.4. The number of sulfonamides is 1. The molecule has 0 bridgehead atoms. The zero-order valence-corrected chi connectivity index (χ0v) is 16.0. The van der Waals surface area contributed by atoms with Crippen molar-refractivity contribution < 1.29 is 22.7 Å². The van der Waals surface area contributed by atoms with Gasteiger partial charge < -0.3 is 10.1 Å². The van der Waals surface area contributed by atoms with E-state index in [4.69, 9.17) is 16.3 Å². The summed E-state index contributed by atoms with van der Waals surface area (Å²) in [5.41, 5.74) is 0. The number of hydrogen-bond donors (Lipinski definition) is 2. The van der Waals surface area contributed by atoms with E-state index in [0.717, 1.165) is 12.8 Å². The van der Waals surface area contributed by atoms with E-state index in [2.05, 4.69) is 10.0 Å². The second-order valence-electron chi connectivity index (χ2n) is 5.49. The summed E-state index contributed by atoms with van der Waals surface area (Å²) in [6.45, 7) is 4.76. The summed E-state index contributed by atoms with van der Waals surface area (Å²) in [7, 11) is -3.90. The van der Waals surface area contributed by atoms with Gasteiger partial charge in [0.25, 0.3) is 5.91 Å². The van der Waals surface area contributed by atoms with Crippen LogP contribution in [0.2, 0.25) is 5.02 Å². The van der Waals surface area contributed by atoms with Crippen LogP contribution in [-0.2, 0) is 24.3 Å². The molecule has 1 amide bonds. The summed E-state index contributed by atoms with van der Waals surface area (Å²) in [6, 6.07) is 4.40. The largest absolute Gasteiger partial charge is 0.454 e. The van der Waals surface area contributed by atoms with Gasteiger partial charge in [0.1, 0.15) is 6.04 Å². The quantitative estimate of drug-likeness (QED) is 0.626. The third-order valence-corrected chi connectivity index (χ3v) is 5.31. The molecule has 0 aliphatic rings. The monoisotopic (exact) mass is 390 g/mol. The molecule has 0 saturated carbocycles. The topological polar surface area (TPSA) is 102 Å². The van der Waals surface area contributed by atoms with Gasteiger partial charge >= 0.3 is 5.97 Å². The molecule has 25 heavy (non-hydrogen) atoms. The maximum absolute atomic E-state index is 12.2. The number of carbonyl (C=O) groups excluding carboxylic acids is 2. The molecule has 140 valence electrons. The van der Waals surface area contributed by atoms with E-state index in [1.54, 1.807) is 0 Å². The minimum atomic E-state index is -3.90. The number of amides is 1. The van der Waals surface area contributed by atoms with Crippen LogP contribution in [0.5, 0.6) is 0 Å². The second-order valence-corrected chi connectivity index (χ2v) is 7.64. The second kappa shape index (κ2) is 9.74. The summed E-state index contributed by atoms with van der Waals surface area (Å²) in [4.78, 5) is 23.6. The van der Waals surface area contributed by atoms with E-state index in [0.29, 0.717) is 5.02 Å². The Morgan fingerprint density at radius 2 is 1.72 bits per heavy atom. The zero-order valence-electron chi connectivity index (χ0n) is 14.4. The SMILES string of the molecule is CCC(CC)NC(=O)COC(=O)[C@H](C)NS(=O)(=O)c1ccc(Cl)cc1. The number of benzene rings is 1. The van der Waals surface area contributed by atoms with Crippen molar-refractivity contribution in [2.24, 2.45) is 0 Å². The van der Waals surface area contributed by atoms with Gasteiger partial charge in [0, 0.05) is 11.1 Å². The molecule has 7 nitrogen and oxygen atoms in total. The van der Waals surface area contributed by atoms with Gasteiger partial charge in [-0.3, -0.25) is 9.59 Å². The predicted octanol–water partition coefficient (Wildman–Crippen LogP) is 1.85. The Bertz CT molecular complexity index is 687. The Morgan fingerprint density at radius 3 is 2.24 bits per heavy atom. The van der Waals surface area contributed by atoms with Crippen molar-refractivity contribution in [3.8, 4) is 0 Å². The highest BCUT2D eigenvalue weighted by Gasteiger charge is 2.23. The van der Waals surface area contributed by atoms with E-state index in [1.165, 1.54) is 31.2 Å². The molecule has 0 aliphatic carbocycles. The molecular weight excluding hydrogens is 368 g/mol. The van der Waals surface area contributed by atoms with Crippen molar-refractivity contribution in [2.45, 2.75) is 50.6 Å². The minimum Gasteiger partial charge on any atom is -0.454 e. The molecule has 0 aromatic heterocycles. The van der Waals surface area contributed by atoms with Crippen LogP contribution in [-0.4, -0.2) is 39.0 Å². The number of carbonyl (C=O) groups is 2. The average molecular weight is 391 g/mol. The molecule has 0 fully saturated rings. The van der Waals surface area contributed by atoms with Crippen molar-refractivity contribution >= 4 is 33.5 Å². The van der Waals surface area contributed by atoms with Gasteiger partial charge in [-0.2, -0.15) is 4.72 Å². The number of ether oxygens (including phenoxy) is 1. The highest BCUT2D eigenvalue weighted by atomic mass is 35.5.